The minimum atomic E-state index is 0.0289. The molecule has 0 aliphatic carbocycles. The second-order valence-corrected chi connectivity index (χ2v) is 4.76. The molecular weight excluding hydrogens is 260 g/mol. The molecule has 1 aromatic heterocycles. The SMILES string of the molecule is CC1COCCC1C(=O)c1occc1Br. The average Bonchev–Trinajstić information content (AvgIpc) is 2.64. The van der Waals surface area contributed by atoms with E-state index in [1.807, 2.05) is 6.92 Å². The lowest BCUT2D eigenvalue weighted by molar-refractivity contribution is 0.0228. The Labute approximate surface area is 96.9 Å². The lowest BCUT2D eigenvalue weighted by Crippen LogP contribution is -2.31. The molecule has 2 atom stereocenters. The van der Waals surface area contributed by atoms with Crippen LogP contribution in [0.1, 0.15) is 23.9 Å². The molecule has 2 unspecified atom stereocenters. The van der Waals surface area contributed by atoms with Gasteiger partial charge in [-0.05, 0) is 34.3 Å². The van der Waals surface area contributed by atoms with E-state index in [1.165, 1.54) is 6.26 Å². The van der Waals surface area contributed by atoms with Gasteiger partial charge in [0, 0.05) is 19.1 Å². The normalized spacial score (nSPS) is 26.5. The van der Waals surface area contributed by atoms with Crippen LogP contribution >= 0.6 is 15.9 Å². The van der Waals surface area contributed by atoms with Gasteiger partial charge in [-0.2, -0.15) is 0 Å². The van der Waals surface area contributed by atoms with E-state index in [2.05, 4.69) is 15.9 Å². The summed E-state index contributed by atoms with van der Waals surface area (Å²) in [6, 6.07) is 1.75. The predicted molar refractivity (Wildman–Crippen MR) is 58.8 cm³/mol. The van der Waals surface area contributed by atoms with Gasteiger partial charge < -0.3 is 9.15 Å². The smallest absolute Gasteiger partial charge is 0.202 e. The highest BCUT2D eigenvalue weighted by molar-refractivity contribution is 9.10. The molecule has 3 nitrogen and oxygen atoms in total. The zero-order chi connectivity index (χ0) is 10.8. The van der Waals surface area contributed by atoms with Crippen molar-refractivity contribution in [3.05, 3.63) is 22.6 Å². The summed E-state index contributed by atoms with van der Waals surface area (Å²) in [6.07, 6.45) is 2.31. The zero-order valence-corrected chi connectivity index (χ0v) is 10.1. The Balaban J connectivity index is 2.17. The maximum Gasteiger partial charge on any atom is 0.202 e. The average molecular weight is 273 g/mol. The molecule has 1 fully saturated rings. The molecule has 1 aliphatic heterocycles. The number of furan rings is 1. The summed E-state index contributed by atoms with van der Waals surface area (Å²) in [5.41, 5.74) is 0. The molecule has 4 heteroatoms. The molecule has 0 aromatic carbocycles. The number of hydrogen-bond acceptors (Lipinski definition) is 3. The molecule has 0 bridgehead atoms. The van der Waals surface area contributed by atoms with Crippen molar-refractivity contribution >= 4 is 21.7 Å². The van der Waals surface area contributed by atoms with Crippen molar-refractivity contribution in [3.8, 4) is 0 Å². The number of carbonyl (C=O) groups is 1. The molecule has 82 valence electrons. The lowest BCUT2D eigenvalue weighted by atomic mass is 9.85. The highest BCUT2D eigenvalue weighted by Crippen LogP contribution is 2.28. The number of ketones is 1. The number of halogens is 1. The van der Waals surface area contributed by atoms with Crippen LogP contribution in [0.15, 0.2) is 21.2 Å². The highest BCUT2D eigenvalue weighted by atomic mass is 79.9. The predicted octanol–water partition coefficient (Wildman–Crippen LogP) is 2.90. The third kappa shape index (κ3) is 2.16. The third-order valence-electron chi connectivity index (χ3n) is 2.82. The fourth-order valence-corrected chi connectivity index (χ4v) is 2.30. The van der Waals surface area contributed by atoms with Crippen LogP contribution in [0.2, 0.25) is 0 Å². The van der Waals surface area contributed by atoms with Crippen molar-refractivity contribution in [3.63, 3.8) is 0 Å². The van der Waals surface area contributed by atoms with Gasteiger partial charge in [-0.15, -0.1) is 0 Å². The Bertz CT molecular complexity index is 358. The Hall–Kier alpha value is -0.610. The van der Waals surface area contributed by atoms with Crippen molar-refractivity contribution in [1.29, 1.82) is 0 Å². The van der Waals surface area contributed by atoms with E-state index >= 15 is 0 Å². The largest absolute Gasteiger partial charge is 0.460 e. The summed E-state index contributed by atoms with van der Waals surface area (Å²) in [5.74, 6) is 0.820. The Morgan fingerprint density at radius 2 is 2.40 bits per heavy atom. The highest BCUT2D eigenvalue weighted by Gasteiger charge is 2.31. The van der Waals surface area contributed by atoms with Crippen molar-refractivity contribution in [1.82, 2.24) is 0 Å². The first-order valence-corrected chi connectivity index (χ1v) is 5.84. The zero-order valence-electron chi connectivity index (χ0n) is 8.53. The van der Waals surface area contributed by atoms with Crippen molar-refractivity contribution in [2.24, 2.45) is 11.8 Å². The van der Waals surface area contributed by atoms with E-state index < -0.39 is 0 Å². The first kappa shape index (κ1) is 10.9. The molecule has 0 amide bonds. The van der Waals surface area contributed by atoms with Gasteiger partial charge in [-0.1, -0.05) is 6.92 Å². The van der Waals surface area contributed by atoms with E-state index in [1.54, 1.807) is 6.07 Å². The van der Waals surface area contributed by atoms with E-state index in [9.17, 15) is 4.79 Å². The number of Topliss-reactive ketones (excluding diaryl/α,β-unsaturated/α-hetero) is 1. The van der Waals surface area contributed by atoms with Crippen LogP contribution in [0.3, 0.4) is 0 Å². The number of ether oxygens (including phenoxy) is 1. The Morgan fingerprint density at radius 3 is 3.00 bits per heavy atom. The lowest BCUT2D eigenvalue weighted by Gasteiger charge is -2.26. The molecule has 0 radical (unpaired) electrons. The number of rotatable bonds is 2. The van der Waals surface area contributed by atoms with Gasteiger partial charge in [0.05, 0.1) is 10.7 Å². The molecular formula is C11H13BrO3. The van der Waals surface area contributed by atoms with Crippen LogP contribution in [-0.4, -0.2) is 19.0 Å². The van der Waals surface area contributed by atoms with Gasteiger partial charge >= 0.3 is 0 Å². The van der Waals surface area contributed by atoms with Gasteiger partial charge in [0.25, 0.3) is 0 Å². The molecule has 2 rings (SSSR count). The first-order valence-electron chi connectivity index (χ1n) is 5.05. The summed E-state index contributed by atoms with van der Waals surface area (Å²) in [7, 11) is 0. The van der Waals surface area contributed by atoms with E-state index in [0.717, 1.165) is 10.9 Å². The fourth-order valence-electron chi connectivity index (χ4n) is 1.91. The first-order chi connectivity index (χ1) is 7.20. The summed E-state index contributed by atoms with van der Waals surface area (Å²) in [4.78, 5) is 12.1. The van der Waals surface area contributed by atoms with Crippen LogP contribution < -0.4 is 0 Å². The minimum absolute atomic E-state index is 0.0289. The summed E-state index contributed by atoms with van der Waals surface area (Å²) in [6.45, 7) is 3.37. The van der Waals surface area contributed by atoms with Crippen LogP contribution in [-0.2, 0) is 4.74 Å². The summed E-state index contributed by atoms with van der Waals surface area (Å²) < 4.78 is 11.2. The third-order valence-corrected chi connectivity index (χ3v) is 3.44. The van der Waals surface area contributed by atoms with Crippen LogP contribution in [0.5, 0.6) is 0 Å². The summed E-state index contributed by atoms with van der Waals surface area (Å²) in [5, 5.41) is 0. The minimum Gasteiger partial charge on any atom is -0.460 e. The quantitative estimate of drug-likeness (QED) is 0.778. The fraction of sp³-hybridized carbons (Fsp3) is 0.545. The maximum atomic E-state index is 12.1. The van der Waals surface area contributed by atoms with Gasteiger partial charge in [0.1, 0.15) is 0 Å². The topological polar surface area (TPSA) is 39.4 Å². The molecule has 1 saturated heterocycles. The van der Waals surface area contributed by atoms with Crippen molar-refractivity contribution in [2.75, 3.05) is 13.2 Å². The molecule has 1 aromatic rings. The van der Waals surface area contributed by atoms with Gasteiger partial charge in [-0.3, -0.25) is 4.79 Å². The molecule has 2 heterocycles. The van der Waals surface area contributed by atoms with Crippen molar-refractivity contribution < 1.29 is 13.9 Å². The van der Waals surface area contributed by atoms with Gasteiger partial charge in [-0.25, -0.2) is 0 Å². The van der Waals surface area contributed by atoms with Crippen LogP contribution in [0, 0.1) is 11.8 Å². The standard InChI is InChI=1S/C11H13BrO3/c1-7-6-14-4-2-8(7)10(13)11-9(12)3-5-15-11/h3,5,7-8H,2,4,6H2,1H3. The summed E-state index contributed by atoms with van der Waals surface area (Å²) >= 11 is 3.31. The van der Waals surface area contributed by atoms with Gasteiger partial charge in [0.2, 0.25) is 5.78 Å². The molecule has 0 spiro atoms. The molecule has 1 aliphatic rings. The van der Waals surface area contributed by atoms with E-state index in [4.69, 9.17) is 9.15 Å². The molecule has 15 heavy (non-hydrogen) atoms. The number of hydrogen-bond donors (Lipinski definition) is 0. The van der Waals surface area contributed by atoms with Crippen molar-refractivity contribution in [2.45, 2.75) is 13.3 Å². The Morgan fingerprint density at radius 1 is 1.60 bits per heavy atom. The number of carbonyl (C=O) groups excluding carboxylic acids is 1. The van der Waals surface area contributed by atoms with Crippen LogP contribution in [0.25, 0.3) is 0 Å². The van der Waals surface area contributed by atoms with E-state index in [-0.39, 0.29) is 17.6 Å². The second kappa shape index (κ2) is 4.49. The van der Waals surface area contributed by atoms with Gasteiger partial charge in [0.15, 0.2) is 5.76 Å². The second-order valence-electron chi connectivity index (χ2n) is 3.91. The van der Waals surface area contributed by atoms with Crippen LogP contribution in [0.4, 0.5) is 0 Å². The Kier molecular flexibility index (Phi) is 3.26. The van der Waals surface area contributed by atoms with E-state index in [0.29, 0.717) is 19.0 Å². The maximum absolute atomic E-state index is 12.1. The molecule has 0 saturated carbocycles. The monoisotopic (exact) mass is 272 g/mol. The molecule has 0 N–H and O–H groups in total.